The van der Waals surface area contributed by atoms with Crippen LogP contribution in [0.1, 0.15) is 19.3 Å². The largest absolute Gasteiger partial charge is 0.345 e. The van der Waals surface area contributed by atoms with E-state index in [0.29, 0.717) is 13.1 Å². The fourth-order valence-electron chi connectivity index (χ4n) is 3.97. The van der Waals surface area contributed by atoms with Crippen LogP contribution in [0, 0.1) is 5.41 Å². The summed E-state index contributed by atoms with van der Waals surface area (Å²) in [6.45, 7) is 1.96. The number of nitrogens with one attached hydrogen (secondary N) is 1. The van der Waals surface area contributed by atoms with E-state index in [9.17, 15) is 9.59 Å². The quantitative estimate of drug-likeness (QED) is 0.882. The molecule has 1 N–H and O–H groups in total. The van der Waals surface area contributed by atoms with Crippen LogP contribution in [0.25, 0.3) is 11.3 Å². The molecule has 0 radical (unpaired) electrons. The lowest BCUT2D eigenvalue weighted by Gasteiger charge is -2.37. The number of urea groups is 1. The van der Waals surface area contributed by atoms with E-state index in [0.717, 1.165) is 42.8 Å². The number of benzene rings is 1. The smallest absolute Gasteiger partial charge is 0.321 e. The Morgan fingerprint density at radius 3 is 2.77 bits per heavy atom. The highest BCUT2D eigenvalue weighted by Crippen LogP contribution is 2.39. The minimum atomic E-state index is -0.376. The topological polar surface area (TPSA) is 65.5 Å². The van der Waals surface area contributed by atoms with Crippen molar-refractivity contribution in [3.63, 3.8) is 0 Å². The number of anilines is 1. The minimum Gasteiger partial charge on any atom is -0.345 e. The summed E-state index contributed by atoms with van der Waals surface area (Å²) in [7, 11) is 1.86. The van der Waals surface area contributed by atoms with Crippen molar-refractivity contribution in [1.82, 2.24) is 14.8 Å². The van der Waals surface area contributed by atoms with Crippen LogP contribution in [-0.4, -0.2) is 53.4 Å². The number of aromatic nitrogens is 1. The number of piperidine rings is 1. The predicted molar refractivity (Wildman–Crippen MR) is 102 cm³/mol. The van der Waals surface area contributed by atoms with Gasteiger partial charge in [0.05, 0.1) is 16.6 Å². The molecule has 1 aromatic carbocycles. The highest BCUT2D eigenvalue weighted by molar-refractivity contribution is 7.07. The molecule has 2 fully saturated rings. The molecule has 2 saturated heterocycles. The molecule has 4 rings (SSSR count). The number of carbonyl (C=O) groups excluding carboxylic acids is 2. The molecule has 1 aromatic heterocycles. The van der Waals surface area contributed by atoms with E-state index in [4.69, 9.17) is 0 Å². The van der Waals surface area contributed by atoms with E-state index in [1.807, 2.05) is 41.6 Å². The summed E-state index contributed by atoms with van der Waals surface area (Å²) in [5.41, 5.74) is 4.15. The molecule has 2 aromatic rings. The van der Waals surface area contributed by atoms with Gasteiger partial charge in [0.15, 0.2) is 0 Å². The van der Waals surface area contributed by atoms with E-state index >= 15 is 0 Å². The standard InChI is InChI=1S/C19H22N4O2S/c1-22-9-2-7-19(17(22)24)8-10-23(12-19)18(25)21-15-5-3-14(4-6-15)16-11-26-13-20-16/h3-6,11,13H,2,7-10,12H2,1H3,(H,21,25)/t19-/m1/s1. The van der Waals surface area contributed by atoms with Gasteiger partial charge in [0.2, 0.25) is 5.91 Å². The molecular weight excluding hydrogens is 348 g/mol. The fraction of sp³-hybridized carbons (Fsp3) is 0.421. The van der Waals surface area contributed by atoms with Crippen LogP contribution >= 0.6 is 11.3 Å². The molecule has 2 aliphatic heterocycles. The van der Waals surface area contributed by atoms with Crippen molar-refractivity contribution in [2.75, 3.05) is 32.0 Å². The normalized spacial score (nSPS) is 22.9. The number of hydrogen-bond acceptors (Lipinski definition) is 4. The van der Waals surface area contributed by atoms with Crippen molar-refractivity contribution < 1.29 is 9.59 Å². The lowest BCUT2D eigenvalue weighted by atomic mass is 9.78. The third kappa shape index (κ3) is 3.07. The number of amides is 3. The van der Waals surface area contributed by atoms with Crippen LogP contribution in [0.3, 0.4) is 0 Å². The van der Waals surface area contributed by atoms with Crippen molar-refractivity contribution >= 4 is 29.0 Å². The van der Waals surface area contributed by atoms with Gasteiger partial charge in [-0.05, 0) is 31.4 Å². The average molecular weight is 370 g/mol. The van der Waals surface area contributed by atoms with Gasteiger partial charge in [-0.1, -0.05) is 12.1 Å². The number of thiazole rings is 1. The maximum atomic E-state index is 12.6. The summed E-state index contributed by atoms with van der Waals surface area (Å²) in [6, 6.07) is 7.55. The van der Waals surface area contributed by atoms with Crippen molar-refractivity contribution in [1.29, 1.82) is 0 Å². The third-order valence-electron chi connectivity index (χ3n) is 5.45. The van der Waals surface area contributed by atoms with Gasteiger partial charge < -0.3 is 15.1 Å². The van der Waals surface area contributed by atoms with Gasteiger partial charge >= 0.3 is 6.03 Å². The number of hydrogen-bond donors (Lipinski definition) is 1. The SMILES string of the molecule is CN1CCC[C@]2(CCN(C(=O)Nc3ccc(-c4cscn4)cc3)C2)C1=O. The average Bonchev–Trinajstić information content (AvgIpc) is 3.31. The Bertz CT molecular complexity index is 805. The van der Waals surface area contributed by atoms with Crippen molar-refractivity contribution in [2.45, 2.75) is 19.3 Å². The van der Waals surface area contributed by atoms with Crippen LogP contribution in [0.2, 0.25) is 0 Å². The van der Waals surface area contributed by atoms with Gasteiger partial charge in [-0.15, -0.1) is 11.3 Å². The molecule has 3 heterocycles. The molecule has 0 saturated carbocycles. The molecule has 0 aliphatic carbocycles. The van der Waals surface area contributed by atoms with Crippen molar-refractivity contribution in [3.05, 3.63) is 35.2 Å². The Kier molecular flexibility index (Phi) is 4.40. The van der Waals surface area contributed by atoms with Crippen LogP contribution in [0.4, 0.5) is 10.5 Å². The zero-order valence-corrected chi connectivity index (χ0v) is 15.6. The van der Waals surface area contributed by atoms with Crippen LogP contribution in [0.5, 0.6) is 0 Å². The molecule has 1 atom stereocenters. The first-order chi connectivity index (χ1) is 12.6. The second-order valence-electron chi connectivity index (χ2n) is 7.16. The first-order valence-electron chi connectivity index (χ1n) is 8.88. The first kappa shape index (κ1) is 17.0. The van der Waals surface area contributed by atoms with Crippen LogP contribution in [0.15, 0.2) is 35.2 Å². The van der Waals surface area contributed by atoms with Gasteiger partial charge in [0.25, 0.3) is 0 Å². The maximum Gasteiger partial charge on any atom is 0.321 e. The molecule has 6 nitrogen and oxygen atoms in total. The Labute approximate surface area is 156 Å². The summed E-state index contributed by atoms with van der Waals surface area (Å²) >= 11 is 1.56. The summed E-state index contributed by atoms with van der Waals surface area (Å²) in [5, 5.41) is 4.94. The van der Waals surface area contributed by atoms with Gasteiger partial charge in [-0.2, -0.15) is 0 Å². The highest BCUT2D eigenvalue weighted by Gasteiger charge is 2.48. The van der Waals surface area contributed by atoms with E-state index in [1.165, 1.54) is 0 Å². The van der Waals surface area contributed by atoms with Gasteiger partial charge in [-0.3, -0.25) is 4.79 Å². The third-order valence-corrected chi connectivity index (χ3v) is 6.04. The van der Waals surface area contributed by atoms with Gasteiger partial charge in [0.1, 0.15) is 0 Å². The monoisotopic (exact) mass is 370 g/mol. The lowest BCUT2D eigenvalue weighted by Crippen LogP contribution is -2.49. The fourth-order valence-corrected chi connectivity index (χ4v) is 4.54. The summed E-state index contributed by atoms with van der Waals surface area (Å²) in [4.78, 5) is 33.1. The number of carbonyl (C=O) groups is 2. The summed E-state index contributed by atoms with van der Waals surface area (Å²) in [6.07, 6.45) is 2.64. The van der Waals surface area contributed by atoms with Crippen molar-refractivity contribution in [3.8, 4) is 11.3 Å². The second-order valence-corrected chi connectivity index (χ2v) is 7.88. The van der Waals surface area contributed by atoms with E-state index in [-0.39, 0.29) is 17.4 Å². The zero-order valence-electron chi connectivity index (χ0n) is 14.8. The molecule has 0 unspecified atom stereocenters. The highest BCUT2D eigenvalue weighted by atomic mass is 32.1. The lowest BCUT2D eigenvalue weighted by molar-refractivity contribution is -0.143. The van der Waals surface area contributed by atoms with Gasteiger partial charge in [0, 0.05) is 43.3 Å². The molecule has 26 heavy (non-hydrogen) atoms. The second kappa shape index (κ2) is 6.72. The van der Waals surface area contributed by atoms with Crippen molar-refractivity contribution in [2.24, 2.45) is 5.41 Å². The van der Waals surface area contributed by atoms with Crippen LogP contribution < -0.4 is 5.32 Å². The number of rotatable bonds is 2. The van der Waals surface area contributed by atoms with E-state index in [1.54, 1.807) is 21.7 Å². The molecule has 1 spiro atoms. The minimum absolute atomic E-state index is 0.135. The Morgan fingerprint density at radius 2 is 2.04 bits per heavy atom. The first-order valence-corrected chi connectivity index (χ1v) is 9.82. The molecule has 3 amide bonds. The Morgan fingerprint density at radius 1 is 1.23 bits per heavy atom. The predicted octanol–water partition coefficient (Wildman–Crippen LogP) is 3.29. The van der Waals surface area contributed by atoms with E-state index in [2.05, 4.69) is 10.3 Å². The molecule has 2 aliphatic rings. The van der Waals surface area contributed by atoms with Gasteiger partial charge in [-0.25, -0.2) is 9.78 Å². The Balaban J connectivity index is 1.40. The number of likely N-dealkylation sites (tertiary alicyclic amines) is 2. The molecular formula is C19H22N4O2S. The maximum absolute atomic E-state index is 12.6. The summed E-state index contributed by atoms with van der Waals surface area (Å²) in [5.74, 6) is 0.187. The Hall–Kier alpha value is -2.41. The summed E-state index contributed by atoms with van der Waals surface area (Å²) < 4.78 is 0. The molecule has 136 valence electrons. The molecule has 7 heteroatoms. The van der Waals surface area contributed by atoms with E-state index < -0.39 is 0 Å². The number of nitrogens with zero attached hydrogens (tertiary/aromatic N) is 3. The van der Waals surface area contributed by atoms with Crippen LogP contribution in [-0.2, 0) is 4.79 Å². The zero-order chi connectivity index (χ0) is 18.1. The molecule has 0 bridgehead atoms.